The third-order valence-electron chi connectivity index (χ3n) is 6.33. The summed E-state index contributed by atoms with van der Waals surface area (Å²) in [6, 6.07) is 15.9. The Morgan fingerprint density at radius 2 is 1.83 bits per heavy atom. The van der Waals surface area contributed by atoms with Crippen LogP contribution in [0.1, 0.15) is 12.8 Å². The van der Waals surface area contributed by atoms with Crippen LogP contribution in [0.3, 0.4) is 0 Å². The summed E-state index contributed by atoms with van der Waals surface area (Å²) in [4.78, 5) is 18.0. The Morgan fingerprint density at radius 1 is 1.14 bits per heavy atom. The number of nitrogens with one attached hydrogen (secondary N) is 1. The first-order valence-electron chi connectivity index (χ1n) is 11.4. The molecule has 0 bridgehead atoms. The fraction of sp³-hybridized carbons (Fsp3) is 0.231. The van der Waals surface area contributed by atoms with Crippen LogP contribution >= 0.6 is 0 Å². The molecule has 0 atom stereocenters. The van der Waals surface area contributed by atoms with Crippen molar-refractivity contribution in [2.45, 2.75) is 25.0 Å². The number of carbonyl (C=O) groups is 1. The molecule has 1 aliphatic carbocycles. The van der Waals surface area contributed by atoms with Crippen LogP contribution in [-0.2, 0) is 4.79 Å². The highest BCUT2D eigenvalue weighted by molar-refractivity contribution is 5.99. The van der Waals surface area contributed by atoms with Gasteiger partial charge in [-0.25, -0.2) is 4.98 Å². The number of carbonyl (C=O) groups excluding carboxylic acids is 1. The van der Waals surface area contributed by atoms with Crippen molar-refractivity contribution in [3.05, 3.63) is 67.5 Å². The van der Waals surface area contributed by atoms with Crippen molar-refractivity contribution in [3.8, 4) is 28.1 Å². The number of amides is 1. The molecule has 2 heterocycles. The second kappa shape index (κ2) is 9.19. The van der Waals surface area contributed by atoms with Crippen LogP contribution in [0.2, 0.25) is 0 Å². The molecule has 1 fully saturated rings. The predicted octanol–water partition coefficient (Wildman–Crippen LogP) is 3.64. The molecule has 0 spiro atoms. The molecule has 1 amide bonds. The number of benzene rings is 2. The number of nitrogens with zero attached hydrogens (tertiary/aromatic N) is 5. The fourth-order valence-corrected chi connectivity index (χ4v) is 4.25. The zero-order valence-corrected chi connectivity index (χ0v) is 19.7. The van der Waals surface area contributed by atoms with Crippen molar-refractivity contribution in [1.29, 1.82) is 0 Å². The van der Waals surface area contributed by atoms with Gasteiger partial charge in [0.15, 0.2) is 5.82 Å². The molecule has 0 unspecified atom stereocenters. The zero-order chi connectivity index (χ0) is 24.5. The Labute approximate surface area is 203 Å². The molecule has 4 aromatic rings. The number of nitrogens with two attached hydrogens (primary N) is 1. The van der Waals surface area contributed by atoms with Gasteiger partial charge >= 0.3 is 0 Å². The average Bonchev–Trinajstić information content (AvgIpc) is 3.22. The van der Waals surface area contributed by atoms with Crippen molar-refractivity contribution in [2.24, 2.45) is 0 Å². The fourth-order valence-electron chi connectivity index (χ4n) is 4.25. The Bertz CT molecular complexity index is 1370. The molecule has 9 heteroatoms. The summed E-state index contributed by atoms with van der Waals surface area (Å²) in [6.45, 7) is 3.48. The zero-order valence-electron chi connectivity index (χ0n) is 19.7. The SMILES string of the molecule is C=CC(=O)Nc1ccc(-c2nn3ncnc(N)c3c2-c2ccc(OC3CC(N(C)C)C3)cc2)cc1. The van der Waals surface area contributed by atoms with Gasteiger partial charge in [-0.2, -0.15) is 0 Å². The van der Waals surface area contributed by atoms with Crippen molar-refractivity contribution < 1.29 is 9.53 Å². The molecule has 0 radical (unpaired) electrons. The van der Waals surface area contributed by atoms with Gasteiger partial charge in [-0.3, -0.25) is 4.79 Å². The quantitative estimate of drug-likeness (QED) is 0.398. The molecule has 5 rings (SSSR count). The van der Waals surface area contributed by atoms with E-state index in [4.69, 9.17) is 15.6 Å². The van der Waals surface area contributed by atoms with Crippen molar-refractivity contribution in [1.82, 2.24) is 24.7 Å². The van der Waals surface area contributed by atoms with Crippen LogP contribution in [-0.4, -0.2) is 56.9 Å². The van der Waals surface area contributed by atoms with Crippen LogP contribution in [0, 0.1) is 0 Å². The lowest BCUT2D eigenvalue weighted by molar-refractivity contribution is -0.111. The molecule has 0 aliphatic heterocycles. The van der Waals surface area contributed by atoms with Crippen molar-refractivity contribution >= 4 is 22.9 Å². The van der Waals surface area contributed by atoms with Crippen LogP contribution in [0.15, 0.2) is 67.5 Å². The Hall–Kier alpha value is -4.24. The van der Waals surface area contributed by atoms with Crippen LogP contribution < -0.4 is 15.8 Å². The summed E-state index contributed by atoms with van der Waals surface area (Å²) in [5.41, 5.74) is 10.9. The minimum absolute atomic E-state index is 0.241. The summed E-state index contributed by atoms with van der Waals surface area (Å²) in [6.07, 6.45) is 4.92. The number of ether oxygens (including phenoxy) is 1. The van der Waals surface area contributed by atoms with E-state index in [2.05, 4.69) is 41.0 Å². The molecule has 2 aromatic carbocycles. The minimum Gasteiger partial charge on any atom is -0.490 e. The smallest absolute Gasteiger partial charge is 0.247 e. The highest BCUT2D eigenvalue weighted by Crippen LogP contribution is 2.38. The highest BCUT2D eigenvalue weighted by atomic mass is 16.5. The summed E-state index contributed by atoms with van der Waals surface area (Å²) in [7, 11) is 4.20. The second-order valence-corrected chi connectivity index (χ2v) is 8.83. The lowest BCUT2D eigenvalue weighted by Gasteiger charge is -2.39. The van der Waals surface area contributed by atoms with E-state index in [9.17, 15) is 4.79 Å². The van der Waals surface area contributed by atoms with E-state index >= 15 is 0 Å². The lowest BCUT2D eigenvalue weighted by Crippen LogP contribution is -2.46. The topological polar surface area (TPSA) is 111 Å². The van der Waals surface area contributed by atoms with Gasteiger partial charge in [0.25, 0.3) is 0 Å². The molecule has 9 nitrogen and oxygen atoms in total. The van der Waals surface area contributed by atoms with Gasteiger partial charge in [-0.1, -0.05) is 30.8 Å². The van der Waals surface area contributed by atoms with Crippen LogP contribution in [0.25, 0.3) is 27.9 Å². The van der Waals surface area contributed by atoms with Crippen molar-refractivity contribution in [3.63, 3.8) is 0 Å². The first kappa shape index (κ1) is 22.5. The molecule has 178 valence electrons. The first-order valence-corrected chi connectivity index (χ1v) is 11.4. The third-order valence-corrected chi connectivity index (χ3v) is 6.33. The Morgan fingerprint density at radius 3 is 2.49 bits per heavy atom. The van der Waals surface area contributed by atoms with Gasteiger partial charge in [-0.15, -0.1) is 14.8 Å². The molecular formula is C26H27N7O2. The third kappa shape index (κ3) is 4.45. The monoisotopic (exact) mass is 469 g/mol. The Kier molecular flexibility index (Phi) is 5.92. The largest absolute Gasteiger partial charge is 0.490 e. The maximum Gasteiger partial charge on any atom is 0.247 e. The number of rotatable bonds is 7. The van der Waals surface area contributed by atoms with Gasteiger partial charge in [-0.05, 0) is 62.8 Å². The van der Waals surface area contributed by atoms with Gasteiger partial charge in [0.1, 0.15) is 29.4 Å². The van der Waals surface area contributed by atoms with E-state index in [0.717, 1.165) is 35.3 Å². The molecule has 1 saturated carbocycles. The summed E-state index contributed by atoms with van der Waals surface area (Å²) in [5.74, 6) is 0.907. The Balaban J connectivity index is 1.47. The number of hydrogen-bond acceptors (Lipinski definition) is 7. The van der Waals surface area contributed by atoms with Crippen LogP contribution in [0.5, 0.6) is 5.75 Å². The number of nitrogen functional groups attached to an aromatic ring is 1. The van der Waals surface area contributed by atoms with E-state index in [1.807, 2.05) is 48.5 Å². The number of hydrogen-bond donors (Lipinski definition) is 2. The van der Waals surface area contributed by atoms with E-state index < -0.39 is 0 Å². The average molecular weight is 470 g/mol. The maximum absolute atomic E-state index is 11.6. The lowest BCUT2D eigenvalue weighted by atomic mass is 9.88. The van der Waals surface area contributed by atoms with Gasteiger partial charge in [0.05, 0.1) is 0 Å². The maximum atomic E-state index is 11.6. The number of fused-ring (bicyclic) bond motifs is 1. The summed E-state index contributed by atoms with van der Waals surface area (Å²) >= 11 is 0. The molecular weight excluding hydrogens is 442 g/mol. The van der Waals surface area contributed by atoms with Gasteiger partial charge in [0.2, 0.25) is 5.91 Å². The normalized spacial score (nSPS) is 17.2. The van der Waals surface area contributed by atoms with E-state index in [0.29, 0.717) is 28.8 Å². The standard InChI is InChI=1S/C26H27N7O2/c1-4-22(34)30-18-9-5-17(6-10-18)24-23(25-26(27)28-15-29-33(25)31-24)16-7-11-20(12-8-16)35-21-13-19(14-21)32(2)3/h4-12,15,19,21H,1,13-14H2,2-3H3,(H,30,34)(H2,27,28,29). The molecule has 0 saturated heterocycles. The van der Waals surface area contributed by atoms with Gasteiger partial charge < -0.3 is 20.7 Å². The molecule has 3 N–H and O–H groups in total. The predicted molar refractivity (Wildman–Crippen MR) is 136 cm³/mol. The van der Waals surface area contributed by atoms with E-state index in [1.54, 1.807) is 0 Å². The first-order chi connectivity index (χ1) is 16.9. The second-order valence-electron chi connectivity index (χ2n) is 8.83. The molecule has 35 heavy (non-hydrogen) atoms. The van der Waals surface area contributed by atoms with E-state index in [1.165, 1.54) is 17.0 Å². The number of aromatic nitrogens is 4. The van der Waals surface area contributed by atoms with Gasteiger partial charge in [0, 0.05) is 22.9 Å². The summed E-state index contributed by atoms with van der Waals surface area (Å²) in [5, 5.41) is 11.7. The highest BCUT2D eigenvalue weighted by Gasteiger charge is 2.32. The molecule has 1 aliphatic rings. The van der Waals surface area contributed by atoms with E-state index in [-0.39, 0.29) is 12.0 Å². The van der Waals surface area contributed by atoms with Crippen molar-refractivity contribution in [2.75, 3.05) is 25.1 Å². The number of anilines is 2. The summed E-state index contributed by atoms with van der Waals surface area (Å²) < 4.78 is 7.65. The molecule has 2 aromatic heterocycles. The van der Waals surface area contributed by atoms with Crippen LogP contribution in [0.4, 0.5) is 11.5 Å². The minimum atomic E-state index is -0.268.